The number of halogens is 2. The molecule has 0 aliphatic carbocycles. The maximum atomic E-state index is 5.34. The van der Waals surface area contributed by atoms with Crippen molar-refractivity contribution in [1.82, 2.24) is 15.0 Å². The Morgan fingerprint density at radius 1 is 1.50 bits per heavy atom. The van der Waals surface area contributed by atoms with Crippen LogP contribution < -0.4 is 5.73 Å². The lowest BCUT2D eigenvalue weighted by Gasteiger charge is -1.91. The molecule has 0 bridgehead atoms. The lowest BCUT2D eigenvalue weighted by atomic mass is 10.4. The zero-order chi connectivity index (χ0) is 7.40. The minimum Gasteiger partial charge on any atom is -0.325 e. The first kappa shape index (κ1) is 14.2. The van der Waals surface area contributed by atoms with E-state index in [2.05, 4.69) is 17.2 Å². The van der Waals surface area contributed by atoms with Crippen LogP contribution in [0.2, 0.25) is 0 Å². The van der Waals surface area contributed by atoms with E-state index >= 15 is 0 Å². The molecule has 0 saturated carbocycles. The highest BCUT2D eigenvalue weighted by Crippen LogP contribution is 1.91. The van der Waals surface area contributed by atoms with Crippen molar-refractivity contribution >= 4 is 24.8 Å². The molecule has 4 nitrogen and oxygen atoms in total. The number of nitrogens with two attached hydrogens (primary N) is 1. The van der Waals surface area contributed by atoms with Crippen molar-refractivity contribution < 1.29 is 0 Å². The van der Waals surface area contributed by atoms with Crippen LogP contribution in [0.4, 0.5) is 0 Å². The predicted molar refractivity (Wildman–Crippen MR) is 52.7 cm³/mol. The molecule has 0 atom stereocenters. The third kappa shape index (κ3) is 3.90. The van der Waals surface area contributed by atoms with Gasteiger partial charge in [0.2, 0.25) is 0 Å². The van der Waals surface area contributed by atoms with Gasteiger partial charge in [0.05, 0.1) is 5.69 Å². The highest BCUT2D eigenvalue weighted by atomic mass is 35.5. The van der Waals surface area contributed by atoms with Crippen LogP contribution in [0.15, 0.2) is 6.20 Å². The first-order chi connectivity index (χ1) is 4.86. The van der Waals surface area contributed by atoms with Gasteiger partial charge in [-0.25, -0.2) is 0 Å². The van der Waals surface area contributed by atoms with E-state index in [0.29, 0.717) is 6.54 Å². The molecule has 6 heteroatoms. The van der Waals surface area contributed by atoms with Crippen LogP contribution in [0.5, 0.6) is 0 Å². The molecule has 12 heavy (non-hydrogen) atoms. The first-order valence-electron chi connectivity index (χ1n) is 3.46. The third-order valence-corrected chi connectivity index (χ3v) is 1.25. The van der Waals surface area contributed by atoms with Gasteiger partial charge < -0.3 is 5.73 Å². The van der Waals surface area contributed by atoms with Gasteiger partial charge in [0.15, 0.2) is 0 Å². The highest BCUT2D eigenvalue weighted by Gasteiger charge is 1.94. The molecule has 0 aliphatic heterocycles. The Morgan fingerprint density at radius 3 is 2.58 bits per heavy atom. The minimum absolute atomic E-state index is 0. The zero-order valence-electron chi connectivity index (χ0n) is 6.93. The summed E-state index contributed by atoms with van der Waals surface area (Å²) >= 11 is 0. The molecule has 2 N–H and O–H groups in total. The van der Waals surface area contributed by atoms with Crippen molar-refractivity contribution in [3.8, 4) is 0 Å². The number of hydrogen-bond acceptors (Lipinski definition) is 3. The van der Waals surface area contributed by atoms with E-state index in [4.69, 9.17) is 5.73 Å². The molecule has 72 valence electrons. The molecule has 0 aliphatic rings. The lowest BCUT2D eigenvalue weighted by Crippen LogP contribution is -1.97. The Bertz CT molecular complexity index is 201. The fourth-order valence-electron chi connectivity index (χ4n) is 0.770. The van der Waals surface area contributed by atoms with Crippen LogP contribution >= 0.6 is 24.8 Å². The molecule has 0 fully saturated rings. The molecular weight excluding hydrogens is 199 g/mol. The number of rotatable bonds is 3. The highest BCUT2D eigenvalue weighted by molar-refractivity contribution is 5.85. The summed E-state index contributed by atoms with van der Waals surface area (Å²) in [4.78, 5) is 0. The van der Waals surface area contributed by atoms with Crippen LogP contribution in [0.3, 0.4) is 0 Å². The molecule has 1 heterocycles. The minimum atomic E-state index is 0. The molecule has 0 amide bonds. The Kier molecular flexibility index (Phi) is 8.69. The van der Waals surface area contributed by atoms with Crippen LogP contribution in [-0.4, -0.2) is 15.0 Å². The summed E-state index contributed by atoms with van der Waals surface area (Å²) in [6.07, 6.45) is 2.96. The van der Waals surface area contributed by atoms with Gasteiger partial charge in [0.1, 0.15) is 0 Å². The summed E-state index contributed by atoms with van der Waals surface area (Å²) in [7, 11) is 0. The average Bonchev–Trinajstić information content (AvgIpc) is 2.37. The van der Waals surface area contributed by atoms with Gasteiger partial charge in [-0.15, -0.1) is 29.9 Å². The second-order valence-electron chi connectivity index (χ2n) is 2.18. The lowest BCUT2D eigenvalue weighted by molar-refractivity contribution is 0.579. The van der Waals surface area contributed by atoms with Crippen molar-refractivity contribution in [1.29, 1.82) is 0 Å². The normalized spacial score (nSPS) is 8.50. The maximum absolute atomic E-state index is 5.34. The summed E-state index contributed by atoms with van der Waals surface area (Å²) in [5.41, 5.74) is 6.20. The van der Waals surface area contributed by atoms with E-state index in [-0.39, 0.29) is 24.8 Å². The summed E-state index contributed by atoms with van der Waals surface area (Å²) in [5, 5.41) is 7.70. The summed E-state index contributed by atoms with van der Waals surface area (Å²) in [5.74, 6) is 0. The smallest absolute Gasteiger partial charge is 0.0962 e. The average molecular weight is 213 g/mol. The second-order valence-corrected chi connectivity index (χ2v) is 2.18. The van der Waals surface area contributed by atoms with E-state index in [1.807, 2.05) is 10.9 Å². The molecule has 0 radical (unpaired) electrons. The van der Waals surface area contributed by atoms with E-state index in [1.54, 1.807) is 0 Å². The molecular formula is C6H14Cl2N4. The van der Waals surface area contributed by atoms with E-state index in [1.165, 1.54) is 0 Å². The van der Waals surface area contributed by atoms with Gasteiger partial charge in [0.25, 0.3) is 0 Å². The fraction of sp³-hybridized carbons (Fsp3) is 0.667. The van der Waals surface area contributed by atoms with Crippen molar-refractivity contribution in [2.24, 2.45) is 5.73 Å². The van der Waals surface area contributed by atoms with Gasteiger partial charge in [0, 0.05) is 19.3 Å². The Hall–Kier alpha value is -0.320. The van der Waals surface area contributed by atoms with Crippen molar-refractivity contribution in [2.45, 2.75) is 26.4 Å². The van der Waals surface area contributed by atoms with Gasteiger partial charge in [-0.3, -0.25) is 4.68 Å². The second kappa shape index (κ2) is 7.34. The summed E-state index contributed by atoms with van der Waals surface area (Å²) in [6.45, 7) is 3.50. The third-order valence-electron chi connectivity index (χ3n) is 1.25. The Labute approximate surface area is 84.3 Å². The monoisotopic (exact) mass is 212 g/mol. The van der Waals surface area contributed by atoms with Gasteiger partial charge >= 0.3 is 0 Å². The molecule has 0 aromatic carbocycles. The van der Waals surface area contributed by atoms with Crippen LogP contribution in [-0.2, 0) is 13.1 Å². The van der Waals surface area contributed by atoms with Crippen LogP contribution in [0.1, 0.15) is 19.0 Å². The SMILES string of the molecule is CCCn1cc(CN)nn1.Cl.Cl. The number of hydrogen-bond donors (Lipinski definition) is 1. The van der Waals surface area contributed by atoms with E-state index in [0.717, 1.165) is 18.7 Å². The molecule has 0 unspecified atom stereocenters. The van der Waals surface area contributed by atoms with Gasteiger partial charge in [-0.05, 0) is 6.42 Å². The maximum Gasteiger partial charge on any atom is 0.0962 e. The summed E-state index contributed by atoms with van der Waals surface area (Å²) in [6, 6.07) is 0. The fourth-order valence-corrected chi connectivity index (χ4v) is 0.770. The molecule has 1 aromatic heterocycles. The number of aromatic nitrogens is 3. The zero-order valence-corrected chi connectivity index (χ0v) is 8.57. The van der Waals surface area contributed by atoms with E-state index in [9.17, 15) is 0 Å². The van der Waals surface area contributed by atoms with Gasteiger partial charge in [-0.1, -0.05) is 12.1 Å². The predicted octanol–water partition coefficient (Wildman–Crippen LogP) is 0.990. The number of nitrogens with zero attached hydrogens (tertiary/aromatic N) is 3. The molecule has 0 saturated heterocycles. The Morgan fingerprint density at radius 2 is 2.17 bits per heavy atom. The number of aryl methyl sites for hydroxylation is 1. The standard InChI is InChI=1S/C6H12N4.2ClH/c1-2-3-10-5-6(4-7)8-9-10;;/h5H,2-4,7H2,1H3;2*1H. The van der Waals surface area contributed by atoms with Crippen molar-refractivity contribution in [2.75, 3.05) is 0 Å². The Balaban J connectivity index is 0. The summed E-state index contributed by atoms with van der Waals surface area (Å²) < 4.78 is 1.81. The molecule has 1 rings (SSSR count). The van der Waals surface area contributed by atoms with Crippen LogP contribution in [0, 0.1) is 0 Å². The van der Waals surface area contributed by atoms with Gasteiger partial charge in [-0.2, -0.15) is 0 Å². The van der Waals surface area contributed by atoms with Crippen molar-refractivity contribution in [3.05, 3.63) is 11.9 Å². The first-order valence-corrected chi connectivity index (χ1v) is 3.46. The van der Waals surface area contributed by atoms with Crippen LogP contribution in [0.25, 0.3) is 0 Å². The molecule has 0 spiro atoms. The molecule has 1 aromatic rings. The topological polar surface area (TPSA) is 56.7 Å². The largest absolute Gasteiger partial charge is 0.325 e. The van der Waals surface area contributed by atoms with E-state index < -0.39 is 0 Å². The van der Waals surface area contributed by atoms with Crippen molar-refractivity contribution in [3.63, 3.8) is 0 Å². The quantitative estimate of drug-likeness (QED) is 0.814.